The maximum absolute atomic E-state index is 12.8. The van der Waals surface area contributed by atoms with Crippen LogP contribution in [0.25, 0.3) is 10.9 Å². The van der Waals surface area contributed by atoms with Crippen molar-refractivity contribution in [2.75, 3.05) is 26.9 Å². The number of carbonyl (C=O) groups is 2. The van der Waals surface area contributed by atoms with Gasteiger partial charge in [-0.1, -0.05) is 0 Å². The molecule has 4 rings (SSSR count). The van der Waals surface area contributed by atoms with Crippen LogP contribution in [0.15, 0.2) is 18.2 Å². The van der Waals surface area contributed by atoms with Crippen molar-refractivity contribution >= 4 is 23.0 Å². The first-order chi connectivity index (χ1) is 13.6. The largest absolute Gasteiger partial charge is 0.516 e. The number of ether oxygens (including phenoxy) is 3. The Hall–Kier alpha value is -2.58. The van der Waals surface area contributed by atoms with Crippen molar-refractivity contribution in [1.29, 1.82) is 0 Å². The lowest BCUT2D eigenvalue weighted by molar-refractivity contribution is -0.197. The zero-order chi connectivity index (χ0) is 19.7. The third-order valence-electron chi connectivity index (χ3n) is 5.38. The predicted molar refractivity (Wildman–Crippen MR) is 99.8 cm³/mol. The highest BCUT2D eigenvalue weighted by Crippen LogP contribution is 2.42. The van der Waals surface area contributed by atoms with Gasteiger partial charge >= 0.3 is 12.1 Å². The second kappa shape index (κ2) is 7.81. The highest BCUT2D eigenvalue weighted by Gasteiger charge is 2.43. The van der Waals surface area contributed by atoms with Crippen LogP contribution in [-0.4, -0.2) is 49.0 Å². The number of esters is 1. The number of aromatic amines is 1. The van der Waals surface area contributed by atoms with Crippen LogP contribution in [0.1, 0.15) is 37.1 Å². The van der Waals surface area contributed by atoms with Gasteiger partial charge in [-0.05, 0) is 49.9 Å². The van der Waals surface area contributed by atoms with E-state index in [1.54, 1.807) is 14.0 Å². The van der Waals surface area contributed by atoms with Gasteiger partial charge in [-0.3, -0.25) is 9.63 Å². The van der Waals surface area contributed by atoms with Crippen LogP contribution in [0.5, 0.6) is 5.75 Å². The van der Waals surface area contributed by atoms with E-state index in [1.807, 2.05) is 23.3 Å². The van der Waals surface area contributed by atoms with Crippen molar-refractivity contribution in [2.24, 2.45) is 5.92 Å². The van der Waals surface area contributed by atoms with Crippen LogP contribution < -0.4 is 4.74 Å². The number of fused-ring (bicyclic) bond motifs is 5. The summed E-state index contributed by atoms with van der Waals surface area (Å²) >= 11 is 0. The minimum Gasteiger partial charge on any atom is -0.497 e. The summed E-state index contributed by atoms with van der Waals surface area (Å²) in [6.45, 7) is 3.01. The van der Waals surface area contributed by atoms with Gasteiger partial charge < -0.3 is 19.2 Å². The van der Waals surface area contributed by atoms with Crippen LogP contribution in [0.3, 0.4) is 0 Å². The van der Waals surface area contributed by atoms with Gasteiger partial charge in [0.1, 0.15) is 5.75 Å². The molecule has 3 heterocycles. The van der Waals surface area contributed by atoms with Crippen LogP contribution >= 0.6 is 0 Å². The molecule has 1 aromatic heterocycles. The van der Waals surface area contributed by atoms with Gasteiger partial charge in [0.2, 0.25) is 0 Å². The monoisotopic (exact) mass is 388 g/mol. The Bertz CT molecular complexity index is 892. The summed E-state index contributed by atoms with van der Waals surface area (Å²) in [5, 5.41) is 2.93. The molecular weight excluding hydrogens is 364 g/mol. The molecular formula is C20H24N2O6. The fourth-order valence-corrected chi connectivity index (χ4v) is 4.14. The average Bonchev–Trinajstić information content (AvgIpc) is 2.91. The fraction of sp³-hybridized carbons (Fsp3) is 0.500. The number of carbonyl (C=O) groups excluding carboxylic acids is 2. The lowest BCUT2D eigenvalue weighted by atomic mass is 9.87. The highest BCUT2D eigenvalue weighted by atomic mass is 16.7. The quantitative estimate of drug-likeness (QED) is 0.638. The first kappa shape index (κ1) is 18.8. The minimum atomic E-state index is -0.957. The Morgan fingerprint density at radius 3 is 3.00 bits per heavy atom. The molecule has 0 unspecified atom stereocenters. The predicted octanol–water partition coefficient (Wildman–Crippen LogP) is 3.12. The van der Waals surface area contributed by atoms with E-state index in [-0.39, 0.29) is 12.6 Å². The number of hydrogen-bond acceptors (Lipinski definition) is 7. The van der Waals surface area contributed by atoms with Crippen molar-refractivity contribution in [3.05, 3.63) is 29.5 Å². The van der Waals surface area contributed by atoms with Crippen molar-refractivity contribution in [3.8, 4) is 5.75 Å². The van der Waals surface area contributed by atoms with Crippen LogP contribution in [0.4, 0.5) is 4.79 Å². The number of hydrogen-bond donors (Lipinski definition) is 1. The zero-order valence-corrected chi connectivity index (χ0v) is 16.0. The second-order valence-corrected chi connectivity index (χ2v) is 6.95. The molecule has 1 aromatic carbocycles. The number of methoxy groups -OCH3 is 1. The zero-order valence-electron chi connectivity index (χ0n) is 16.0. The normalized spacial score (nSPS) is 22.1. The number of benzene rings is 1. The van der Waals surface area contributed by atoms with Gasteiger partial charge in [0.15, 0.2) is 0 Å². The molecule has 0 spiro atoms. The van der Waals surface area contributed by atoms with Gasteiger partial charge in [0.25, 0.3) is 0 Å². The number of rotatable bonds is 3. The van der Waals surface area contributed by atoms with Gasteiger partial charge in [0.05, 0.1) is 32.3 Å². The molecule has 2 aliphatic heterocycles. The minimum absolute atomic E-state index is 0.156. The number of nitrogens with one attached hydrogen (secondary N) is 1. The molecule has 0 amide bonds. The number of hydroxylamine groups is 2. The van der Waals surface area contributed by atoms with E-state index < -0.39 is 18.0 Å². The van der Waals surface area contributed by atoms with E-state index in [4.69, 9.17) is 19.0 Å². The Kier molecular flexibility index (Phi) is 5.23. The summed E-state index contributed by atoms with van der Waals surface area (Å²) in [4.78, 5) is 33.8. The van der Waals surface area contributed by atoms with E-state index in [0.717, 1.165) is 34.3 Å². The molecule has 0 radical (unpaired) electrons. The SMILES string of the molecule is CCOC(=O)OC(=O)[C@@H]1CCCON2CCc3c([nH]c4ccc(OC)cc34)[C@H]12. The topological polar surface area (TPSA) is 90.1 Å². The van der Waals surface area contributed by atoms with Crippen molar-refractivity contribution in [3.63, 3.8) is 0 Å². The third kappa shape index (κ3) is 3.33. The summed E-state index contributed by atoms with van der Waals surface area (Å²) in [5.74, 6) is -0.323. The molecule has 28 heavy (non-hydrogen) atoms. The van der Waals surface area contributed by atoms with Gasteiger partial charge in [-0.25, -0.2) is 4.79 Å². The Labute approximate surface area is 162 Å². The van der Waals surface area contributed by atoms with E-state index in [0.29, 0.717) is 26.0 Å². The molecule has 0 aliphatic carbocycles. The molecule has 2 aromatic rings. The standard InChI is InChI=1S/C20H24N2O6/c1-3-26-20(24)28-19(23)14-5-4-10-27-22-9-8-13-15-11-12(25-2)6-7-16(15)21-17(13)18(14)22/h6-7,11,14,18,21H,3-5,8-10H2,1-2H3/t14-,18+/m1/s1. The number of aromatic nitrogens is 1. The molecule has 1 fully saturated rings. The van der Waals surface area contributed by atoms with E-state index >= 15 is 0 Å². The molecule has 150 valence electrons. The summed E-state index contributed by atoms with van der Waals surface area (Å²) in [6.07, 6.45) is 1.11. The van der Waals surface area contributed by atoms with E-state index in [1.165, 1.54) is 0 Å². The smallest absolute Gasteiger partial charge is 0.497 e. The van der Waals surface area contributed by atoms with E-state index in [2.05, 4.69) is 4.98 Å². The summed E-state index contributed by atoms with van der Waals surface area (Å²) in [5.41, 5.74) is 3.06. The van der Waals surface area contributed by atoms with Crippen LogP contribution in [-0.2, 0) is 25.5 Å². The number of nitrogens with zero attached hydrogens (tertiary/aromatic N) is 1. The highest BCUT2D eigenvalue weighted by molar-refractivity contribution is 5.88. The van der Waals surface area contributed by atoms with E-state index in [9.17, 15) is 9.59 Å². The van der Waals surface area contributed by atoms with Gasteiger partial charge in [-0.15, -0.1) is 0 Å². The van der Waals surface area contributed by atoms with Crippen LogP contribution in [0.2, 0.25) is 0 Å². The van der Waals surface area contributed by atoms with Gasteiger partial charge in [-0.2, -0.15) is 5.06 Å². The van der Waals surface area contributed by atoms with Crippen molar-refractivity contribution < 1.29 is 28.6 Å². The molecule has 1 saturated heterocycles. The Morgan fingerprint density at radius 1 is 1.36 bits per heavy atom. The molecule has 2 aliphatic rings. The summed E-state index contributed by atoms with van der Waals surface area (Å²) < 4.78 is 15.1. The first-order valence-corrected chi connectivity index (χ1v) is 9.58. The van der Waals surface area contributed by atoms with Gasteiger partial charge in [0, 0.05) is 23.1 Å². The third-order valence-corrected chi connectivity index (χ3v) is 5.38. The summed E-state index contributed by atoms with van der Waals surface area (Å²) in [6, 6.07) is 5.54. The van der Waals surface area contributed by atoms with Crippen LogP contribution in [0, 0.1) is 5.92 Å². The molecule has 0 saturated carbocycles. The molecule has 1 N–H and O–H groups in total. The summed E-state index contributed by atoms with van der Waals surface area (Å²) in [7, 11) is 1.64. The lowest BCUT2D eigenvalue weighted by Gasteiger charge is -2.36. The Balaban J connectivity index is 1.72. The molecule has 8 heteroatoms. The maximum Gasteiger partial charge on any atom is 0.516 e. The lowest BCUT2D eigenvalue weighted by Crippen LogP contribution is -2.41. The van der Waals surface area contributed by atoms with Crippen molar-refractivity contribution in [2.45, 2.75) is 32.2 Å². The molecule has 2 atom stereocenters. The average molecular weight is 388 g/mol. The maximum atomic E-state index is 12.8. The van der Waals surface area contributed by atoms with Crippen molar-refractivity contribution in [1.82, 2.24) is 10.0 Å². The first-order valence-electron chi connectivity index (χ1n) is 9.58. The second-order valence-electron chi connectivity index (χ2n) is 6.95. The fourth-order valence-electron chi connectivity index (χ4n) is 4.14. The molecule has 0 bridgehead atoms. The number of H-pyrrole nitrogens is 1. The molecule has 8 nitrogen and oxygen atoms in total. The Morgan fingerprint density at radius 2 is 2.21 bits per heavy atom.